The number of anilines is 2. The van der Waals surface area contributed by atoms with Gasteiger partial charge < -0.3 is 10.6 Å². The molecule has 5 rings (SSSR count). The molecule has 158 valence electrons. The van der Waals surface area contributed by atoms with Crippen LogP contribution in [0.1, 0.15) is 30.0 Å². The van der Waals surface area contributed by atoms with Gasteiger partial charge in [0.1, 0.15) is 18.6 Å². The van der Waals surface area contributed by atoms with Gasteiger partial charge in [-0.25, -0.2) is 4.79 Å². The van der Waals surface area contributed by atoms with E-state index in [9.17, 15) is 19.2 Å². The minimum atomic E-state index is -1.23. The molecule has 1 unspecified atom stereocenters. The number of hydrogen-bond donors (Lipinski definition) is 2. The van der Waals surface area contributed by atoms with Gasteiger partial charge in [0.15, 0.2) is 0 Å². The Balaban J connectivity index is 1.39. The van der Waals surface area contributed by atoms with Crippen molar-refractivity contribution in [2.24, 2.45) is 0 Å². The van der Waals surface area contributed by atoms with Gasteiger partial charge >= 0.3 is 6.03 Å². The van der Waals surface area contributed by atoms with E-state index in [0.717, 1.165) is 24.2 Å². The van der Waals surface area contributed by atoms with Crippen molar-refractivity contribution in [3.05, 3.63) is 59.2 Å². The predicted molar refractivity (Wildman–Crippen MR) is 113 cm³/mol. The van der Waals surface area contributed by atoms with Crippen molar-refractivity contribution in [2.75, 3.05) is 23.3 Å². The zero-order chi connectivity index (χ0) is 21.8. The van der Waals surface area contributed by atoms with Gasteiger partial charge in [0, 0.05) is 0 Å². The summed E-state index contributed by atoms with van der Waals surface area (Å²) in [7, 11) is 0. The zero-order valence-electron chi connectivity index (χ0n) is 17.1. The Morgan fingerprint density at radius 2 is 1.84 bits per heavy atom. The van der Waals surface area contributed by atoms with Crippen molar-refractivity contribution < 1.29 is 19.2 Å². The number of carbonyl (C=O) groups excluding carboxylic acids is 4. The van der Waals surface area contributed by atoms with Crippen molar-refractivity contribution in [1.82, 2.24) is 10.2 Å². The van der Waals surface area contributed by atoms with Crippen molar-refractivity contribution in [1.29, 1.82) is 0 Å². The van der Waals surface area contributed by atoms with Crippen molar-refractivity contribution >= 4 is 35.1 Å². The summed E-state index contributed by atoms with van der Waals surface area (Å²) in [6.07, 6.45) is 3.07. The molecule has 3 aliphatic rings. The first-order chi connectivity index (χ1) is 14.9. The molecule has 0 radical (unpaired) electrons. The molecule has 5 amide bonds. The lowest BCUT2D eigenvalue weighted by Gasteiger charge is -2.30. The first-order valence-corrected chi connectivity index (χ1v) is 10.3. The second-order valence-electron chi connectivity index (χ2n) is 8.33. The van der Waals surface area contributed by atoms with E-state index >= 15 is 0 Å². The van der Waals surface area contributed by atoms with Crippen LogP contribution >= 0.6 is 0 Å². The minimum absolute atomic E-state index is 0.165. The van der Waals surface area contributed by atoms with Crippen LogP contribution in [0.3, 0.4) is 0 Å². The fraction of sp³-hybridized carbons (Fsp3) is 0.304. The first-order valence-electron chi connectivity index (χ1n) is 10.3. The maximum atomic E-state index is 13.3. The van der Waals surface area contributed by atoms with Gasteiger partial charge in [-0.2, -0.15) is 0 Å². The molecule has 1 saturated heterocycles. The van der Waals surface area contributed by atoms with Crippen LogP contribution in [-0.2, 0) is 32.8 Å². The molecule has 2 aromatic carbocycles. The molecule has 0 spiro atoms. The highest BCUT2D eigenvalue weighted by Crippen LogP contribution is 2.33. The Hall–Kier alpha value is -3.68. The van der Waals surface area contributed by atoms with Gasteiger partial charge in [-0.1, -0.05) is 30.3 Å². The third-order valence-corrected chi connectivity index (χ3v) is 6.32. The fourth-order valence-electron chi connectivity index (χ4n) is 4.60. The number of carbonyl (C=O) groups is 4. The average Bonchev–Trinajstić information content (AvgIpc) is 3.31. The largest absolute Gasteiger partial charge is 0.325 e. The Morgan fingerprint density at radius 1 is 1.06 bits per heavy atom. The standard InChI is InChI=1S/C23H22N4O4/c1-23(16-10-9-14-5-4-6-15(14)11-16)21(30)27(22(31)25-23)13-20(29)26-12-19(28)24-17-7-2-3-8-18(17)26/h2-3,7-11H,4-6,12-13H2,1H3,(H,24,28)(H,25,31). The number of hydrogen-bond acceptors (Lipinski definition) is 4. The van der Waals surface area contributed by atoms with Crippen molar-refractivity contribution in [3.63, 3.8) is 0 Å². The molecule has 1 aliphatic carbocycles. The smallest absolute Gasteiger partial charge is 0.323 e. The van der Waals surface area contributed by atoms with Crippen molar-refractivity contribution in [2.45, 2.75) is 31.7 Å². The number of aryl methyl sites for hydroxylation is 2. The molecular weight excluding hydrogens is 396 g/mol. The number of urea groups is 1. The summed E-state index contributed by atoms with van der Waals surface area (Å²) in [5.74, 6) is -1.30. The molecular formula is C23H22N4O4. The Kier molecular flexibility index (Phi) is 4.32. The zero-order valence-corrected chi connectivity index (χ0v) is 17.1. The first kappa shape index (κ1) is 19.3. The number of benzene rings is 2. The van der Waals surface area contributed by atoms with Crippen LogP contribution in [0.2, 0.25) is 0 Å². The maximum absolute atomic E-state index is 13.3. The maximum Gasteiger partial charge on any atom is 0.325 e. The van der Waals surface area contributed by atoms with Crippen LogP contribution in [-0.4, -0.2) is 41.7 Å². The second-order valence-corrected chi connectivity index (χ2v) is 8.33. The van der Waals surface area contributed by atoms with Gasteiger partial charge in [0.2, 0.25) is 11.8 Å². The molecule has 2 aromatic rings. The molecule has 8 nitrogen and oxygen atoms in total. The van der Waals surface area contributed by atoms with E-state index in [0.29, 0.717) is 16.9 Å². The summed E-state index contributed by atoms with van der Waals surface area (Å²) in [6.45, 7) is 1.06. The summed E-state index contributed by atoms with van der Waals surface area (Å²) in [5.41, 5.74) is 3.02. The number of para-hydroxylation sites is 2. The van der Waals surface area contributed by atoms with E-state index in [2.05, 4.69) is 10.6 Å². The van der Waals surface area contributed by atoms with E-state index in [1.165, 1.54) is 16.0 Å². The molecule has 2 aliphatic heterocycles. The van der Waals surface area contributed by atoms with Gasteiger partial charge in [-0.3, -0.25) is 24.2 Å². The molecule has 1 fully saturated rings. The second kappa shape index (κ2) is 6.94. The highest BCUT2D eigenvalue weighted by atomic mass is 16.2. The topological polar surface area (TPSA) is 98.8 Å². The third kappa shape index (κ3) is 3.06. The lowest BCUT2D eigenvalue weighted by Crippen LogP contribution is -2.48. The van der Waals surface area contributed by atoms with Crippen LogP contribution in [0.15, 0.2) is 42.5 Å². The Morgan fingerprint density at radius 3 is 2.68 bits per heavy atom. The van der Waals surface area contributed by atoms with Gasteiger partial charge in [0.05, 0.1) is 11.4 Å². The lowest BCUT2D eigenvalue weighted by atomic mass is 9.89. The number of nitrogens with one attached hydrogen (secondary N) is 2. The van der Waals surface area contributed by atoms with E-state index in [4.69, 9.17) is 0 Å². The van der Waals surface area contributed by atoms with Crippen LogP contribution in [0.5, 0.6) is 0 Å². The molecule has 0 bridgehead atoms. The Labute approximate surface area is 179 Å². The van der Waals surface area contributed by atoms with Crippen molar-refractivity contribution in [3.8, 4) is 0 Å². The number of amides is 5. The van der Waals surface area contributed by atoms with Crippen LogP contribution in [0.25, 0.3) is 0 Å². The molecule has 8 heteroatoms. The highest BCUT2D eigenvalue weighted by molar-refractivity contribution is 6.14. The number of nitrogens with zero attached hydrogens (tertiary/aromatic N) is 2. The molecule has 2 heterocycles. The molecule has 0 saturated carbocycles. The minimum Gasteiger partial charge on any atom is -0.323 e. The van der Waals surface area contributed by atoms with Gasteiger partial charge in [-0.15, -0.1) is 0 Å². The third-order valence-electron chi connectivity index (χ3n) is 6.32. The van der Waals surface area contributed by atoms with E-state index in [1.807, 2.05) is 18.2 Å². The average molecular weight is 418 g/mol. The summed E-state index contributed by atoms with van der Waals surface area (Å²) >= 11 is 0. The SMILES string of the molecule is CC1(c2ccc3c(c2)CCC3)NC(=O)N(CC(=O)N2CC(=O)Nc3ccccc32)C1=O. The number of imide groups is 1. The Bertz CT molecular complexity index is 1140. The van der Waals surface area contributed by atoms with E-state index in [1.54, 1.807) is 31.2 Å². The fourth-order valence-corrected chi connectivity index (χ4v) is 4.60. The lowest BCUT2D eigenvalue weighted by molar-refractivity contribution is -0.134. The predicted octanol–water partition coefficient (Wildman–Crippen LogP) is 1.93. The molecule has 31 heavy (non-hydrogen) atoms. The van der Waals surface area contributed by atoms with Crippen LogP contribution in [0, 0.1) is 0 Å². The summed E-state index contributed by atoms with van der Waals surface area (Å²) in [4.78, 5) is 53.2. The summed E-state index contributed by atoms with van der Waals surface area (Å²) in [6, 6.07) is 12.2. The van der Waals surface area contributed by atoms with Gasteiger partial charge in [-0.05, 0) is 55.0 Å². The molecule has 0 aromatic heterocycles. The quantitative estimate of drug-likeness (QED) is 0.744. The van der Waals surface area contributed by atoms with Crippen LogP contribution in [0.4, 0.5) is 16.2 Å². The number of rotatable bonds is 3. The summed E-state index contributed by atoms with van der Waals surface area (Å²) < 4.78 is 0. The van der Waals surface area contributed by atoms with Gasteiger partial charge in [0.25, 0.3) is 5.91 Å². The normalized spacial score (nSPS) is 22.2. The highest BCUT2D eigenvalue weighted by Gasteiger charge is 2.50. The summed E-state index contributed by atoms with van der Waals surface area (Å²) in [5, 5.41) is 5.48. The molecule has 2 N–H and O–H groups in total. The van der Waals surface area contributed by atoms with E-state index < -0.39 is 29.9 Å². The molecule has 1 atom stereocenters. The monoisotopic (exact) mass is 418 g/mol. The van der Waals surface area contributed by atoms with E-state index in [-0.39, 0.29) is 12.5 Å². The number of fused-ring (bicyclic) bond motifs is 2. The van der Waals surface area contributed by atoms with Crippen LogP contribution < -0.4 is 15.5 Å².